The van der Waals surface area contributed by atoms with E-state index in [9.17, 15) is 0 Å². The van der Waals surface area contributed by atoms with Crippen molar-refractivity contribution >= 4 is 5.82 Å². The minimum Gasteiger partial charge on any atom is -0.356 e. The smallest absolute Gasteiger partial charge is 0.133 e. The Morgan fingerprint density at radius 2 is 1.65 bits per heavy atom. The third kappa shape index (κ3) is 2.98. The van der Waals surface area contributed by atoms with Gasteiger partial charge in [-0.05, 0) is 50.2 Å². The fraction of sp³-hybridized carbons (Fsp3) is 0.706. The fourth-order valence-electron chi connectivity index (χ4n) is 3.55. The van der Waals surface area contributed by atoms with E-state index in [1.165, 1.54) is 74.0 Å². The molecule has 2 heterocycles. The Hall–Kier alpha value is -1.09. The summed E-state index contributed by atoms with van der Waals surface area (Å²) >= 11 is 0. The average Bonchev–Trinajstić information content (AvgIpc) is 2.46. The lowest BCUT2D eigenvalue weighted by Crippen LogP contribution is -2.30. The molecule has 0 radical (unpaired) electrons. The van der Waals surface area contributed by atoms with Crippen molar-refractivity contribution in [3.63, 3.8) is 0 Å². The highest BCUT2D eigenvalue weighted by molar-refractivity contribution is 5.50. The quantitative estimate of drug-likeness (QED) is 0.900. The highest BCUT2D eigenvalue weighted by Gasteiger charge is 2.18. The third-order valence-corrected chi connectivity index (χ3v) is 4.73. The van der Waals surface area contributed by atoms with Crippen LogP contribution in [0, 0.1) is 0 Å². The zero-order chi connectivity index (χ0) is 13.8. The first-order chi connectivity index (χ1) is 9.88. The van der Waals surface area contributed by atoms with Gasteiger partial charge < -0.3 is 10.6 Å². The van der Waals surface area contributed by atoms with E-state index < -0.39 is 0 Å². The second-order valence-corrected chi connectivity index (χ2v) is 6.24. The number of nitrogens with zero attached hydrogens (tertiary/aromatic N) is 2. The molecule has 0 spiro atoms. The first-order valence-electron chi connectivity index (χ1n) is 8.35. The van der Waals surface area contributed by atoms with Crippen molar-refractivity contribution in [1.82, 2.24) is 4.98 Å². The largest absolute Gasteiger partial charge is 0.356 e. The molecular formula is C17H27N3. The van der Waals surface area contributed by atoms with Crippen LogP contribution in [0.1, 0.15) is 61.8 Å². The van der Waals surface area contributed by atoms with Crippen LogP contribution in [0.4, 0.5) is 5.82 Å². The number of aromatic nitrogens is 1. The molecule has 0 atom stereocenters. The summed E-state index contributed by atoms with van der Waals surface area (Å²) in [5, 5.41) is 0. The van der Waals surface area contributed by atoms with Crippen LogP contribution in [0.15, 0.2) is 6.07 Å². The first kappa shape index (κ1) is 13.9. The minimum absolute atomic E-state index is 0.617. The Morgan fingerprint density at radius 3 is 2.40 bits per heavy atom. The van der Waals surface area contributed by atoms with Gasteiger partial charge in [-0.15, -0.1) is 0 Å². The van der Waals surface area contributed by atoms with Crippen molar-refractivity contribution in [3.05, 3.63) is 22.9 Å². The van der Waals surface area contributed by atoms with Gasteiger partial charge in [-0.3, -0.25) is 0 Å². The van der Waals surface area contributed by atoms with Crippen LogP contribution in [0.2, 0.25) is 0 Å². The van der Waals surface area contributed by atoms with Crippen molar-refractivity contribution in [2.24, 2.45) is 5.73 Å². The van der Waals surface area contributed by atoms with Crippen molar-refractivity contribution in [2.75, 3.05) is 18.0 Å². The molecule has 0 saturated carbocycles. The van der Waals surface area contributed by atoms with Gasteiger partial charge in [-0.1, -0.05) is 19.3 Å². The van der Waals surface area contributed by atoms with E-state index in [-0.39, 0.29) is 0 Å². The molecule has 1 fully saturated rings. The number of aryl methyl sites for hydroxylation is 2. The summed E-state index contributed by atoms with van der Waals surface area (Å²) in [6.07, 6.45) is 11.7. The molecule has 1 saturated heterocycles. The molecule has 1 aliphatic heterocycles. The molecular weight excluding hydrogens is 246 g/mol. The second-order valence-electron chi connectivity index (χ2n) is 6.24. The van der Waals surface area contributed by atoms with Crippen LogP contribution < -0.4 is 10.6 Å². The molecule has 0 unspecified atom stereocenters. The molecule has 3 heteroatoms. The number of hydrogen-bond donors (Lipinski definition) is 1. The monoisotopic (exact) mass is 273 g/mol. The van der Waals surface area contributed by atoms with Gasteiger partial charge in [-0.25, -0.2) is 4.98 Å². The Morgan fingerprint density at radius 1 is 0.950 bits per heavy atom. The number of rotatable bonds is 2. The predicted octanol–water partition coefficient (Wildman–Crippen LogP) is 3.19. The normalized spacial score (nSPS) is 20.1. The van der Waals surface area contributed by atoms with Gasteiger partial charge in [0, 0.05) is 30.9 Å². The zero-order valence-electron chi connectivity index (χ0n) is 12.5. The lowest BCUT2D eigenvalue weighted by Gasteiger charge is -2.29. The summed E-state index contributed by atoms with van der Waals surface area (Å²) in [5.74, 6) is 1.19. The standard InChI is InChI=1S/C17H27N3/c18-13-15-12-14-8-4-5-9-16(14)19-17(15)20-10-6-2-1-3-7-11-20/h12H,1-11,13,18H2. The molecule has 1 aromatic rings. The molecule has 20 heavy (non-hydrogen) atoms. The minimum atomic E-state index is 0.617. The van der Waals surface area contributed by atoms with E-state index in [0.717, 1.165) is 19.5 Å². The van der Waals surface area contributed by atoms with Crippen LogP contribution >= 0.6 is 0 Å². The van der Waals surface area contributed by atoms with Crippen LogP contribution in [0.3, 0.4) is 0 Å². The third-order valence-electron chi connectivity index (χ3n) is 4.73. The maximum atomic E-state index is 5.99. The molecule has 2 aliphatic rings. The molecule has 3 rings (SSSR count). The van der Waals surface area contributed by atoms with E-state index >= 15 is 0 Å². The van der Waals surface area contributed by atoms with Crippen molar-refractivity contribution in [1.29, 1.82) is 0 Å². The van der Waals surface area contributed by atoms with Crippen LogP contribution in [-0.2, 0) is 19.4 Å². The van der Waals surface area contributed by atoms with Crippen molar-refractivity contribution < 1.29 is 0 Å². The molecule has 0 bridgehead atoms. The SMILES string of the molecule is NCc1cc2c(nc1N1CCCCCCC1)CCCC2. The zero-order valence-corrected chi connectivity index (χ0v) is 12.5. The number of hydrogen-bond acceptors (Lipinski definition) is 3. The lowest BCUT2D eigenvalue weighted by molar-refractivity contribution is 0.551. The van der Waals surface area contributed by atoms with Gasteiger partial charge in [-0.2, -0.15) is 0 Å². The molecule has 1 aliphatic carbocycles. The second kappa shape index (κ2) is 6.57. The number of nitrogens with two attached hydrogens (primary N) is 1. The Bertz CT molecular complexity index is 448. The highest BCUT2D eigenvalue weighted by Crippen LogP contribution is 2.28. The van der Waals surface area contributed by atoms with Gasteiger partial charge in [0.2, 0.25) is 0 Å². The molecule has 2 N–H and O–H groups in total. The van der Waals surface area contributed by atoms with E-state index in [2.05, 4.69) is 11.0 Å². The maximum Gasteiger partial charge on any atom is 0.133 e. The number of pyridine rings is 1. The van der Waals surface area contributed by atoms with Gasteiger partial charge in [0.05, 0.1) is 0 Å². The summed E-state index contributed by atoms with van der Waals surface area (Å²) in [7, 11) is 0. The van der Waals surface area contributed by atoms with Crippen molar-refractivity contribution in [3.8, 4) is 0 Å². The Labute approximate surface area is 122 Å². The van der Waals surface area contributed by atoms with Crippen LogP contribution in [0.5, 0.6) is 0 Å². The lowest BCUT2D eigenvalue weighted by atomic mass is 9.94. The average molecular weight is 273 g/mol. The summed E-state index contributed by atoms with van der Waals surface area (Å²) in [4.78, 5) is 7.52. The van der Waals surface area contributed by atoms with Crippen LogP contribution in [-0.4, -0.2) is 18.1 Å². The molecule has 110 valence electrons. The molecule has 1 aromatic heterocycles. The van der Waals surface area contributed by atoms with Gasteiger partial charge in [0.1, 0.15) is 5.82 Å². The van der Waals surface area contributed by atoms with Gasteiger partial charge >= 0.3 is 0 Å². The first-order valence-corrected chi connectivity index (χ1v) is 8.35. The Balaban J connectivity index is 1.89. The number of fused-ring (bicyclic) bond motifs is 1. The number of anilines is 1. The van der Waals surface area contributed by atoms with Gasteiger partial charge in [0.25, 0.3) is 0 Å². The van der Waals surface area contributed by atoms with E-state index in [0.29, 0.717) is 6.54 Å². The summed E-state index contributed by atoms with van der Waals surface area (Å²) in [6, 6.07) is 2.34. The predicted molar refractivity (Wildman–Crippen MR) is 84.1 cm³/mol. The summed E-state index contributed by atoms with van der Waals surface area (Å²) in [5.41, 5.74) is 10.0. The Kier molecular flexibility index (Phi) is 4.56. The fourth-order valence-corrected chi connectivity index (χ4v) is 3.55. The summed E-state index contributed by atoms with van der Waals surface area (Å²) < 4.78 is 0. The summed E-state index contributed by atoms with van der Waals surface area (Å²) in [6.45, 7) is 2.92. The molecule has 3 nitrogen and oxygen atoms in total. The topological polar surface area (TPSA) is 42.1 Å². The van der Waals surface area contributed by atoms with E-state index in [1.54, 1.807) is 0 Å². The van der Waals surface area contributed by atoms with E-state index in [4.69, 9.17) is 10.7 Å². The van der Waals surface area contributed by atoms with Gasteiger partial charge in [0.15, 0.2) is 0 Å². The van der Waals surface area contributed by atoms with E-state index in [1.807, 2.05) is 0 Å². The highest BCUT2D eigenvalue weighted by atomic mass is 15.2. The van der Waals surface area contributed by atoms with Crippen LogP contribution in [0.25, 0.3) is 0 Å². The maximum absolute atomic E-state index is 5.99. The molecule has 0 aromatic carbocycles. The van der Waals surface area contributed by atoms with Crippen molar-refractivity contribution in [2.45, 2.75) is 64.3 Å². The molecule has 0 amide bonds.